The van der Waals surface area contributed by atoms with Crippen molar-refractivity contribution < 1.29 is 23.9 Å². The normalized spacial score (nSPS) is 11.1. The number of carbonyl (C=O) groups excluding carboxylic acids is 1. The molecule has 2 heterocycles. The first-order chi connectivity index (χ1) is 17.9. The minimum atomic E-state index is -0.479. The number of fused-ring (bicyclic) bond motifs is 1. The molecule has 3 N–H and O–H groups in total. The number of nitrogens with one attached hydrogen (secondary N) is 2. The van der Waals surface area contributed by atoms with Gasteiger partial charge in [-0.2, -0.15) is 0 Å². The van der Waals surface area contributed by atoms with Gasteiger partial charge < -0.3 is 19.7 Å². The molecule has 0 saturated carbocycles. The van der Waals surface area contributed by atoms with Crippen LogP contribution in [0.5, 0.6) is 5.75 Å². The molecule has 4 rings (SSSR count). The van der Waals surface area contributed by atoms with Crippen LogP contribution in [0.3, 0.4) is 0 Å². The van der Waals surface area contributed by atoms with E-state index in [4.69, 9.17) is 14.7 Å². The van der Waals surface area contributed by atoms with Crippen molar-refractivity contribution in [3.8, 4) is 17.0 Å². The number of benzene rings is 2. The summed E-state index contributed by atoms with van der Waals surface area (Å²) in [5.74, 6) is 0.284. The molecule has 0 saturated heterocycles. The molecule has 0 aliphatic rings. The summed E-state index contributed by atoms with van der Waals surface area (Å²) in [7, 11) is 0. The van der Waals surface area contributed by atoms with E-state index in [0.29, 0.717) is 48.0 Å². The Hall–Kier alpha value is -4.02. The number of aryl methyl sites for hydroxylation is 2. The lowest BCUT2D eigenvalue weighted by Crippen LogP contribution is -2.25. The number of aliphatic hydroxyl groups is 1. The third-order valence-electron chi connectivity index (χ3n) is 5.92. The average molecular weight is 508 g/mol. The van der Waals surface area contributed by atoms with E-state index in [1.165, 1.54) is 12.4 Å². The highest BCUT2D eigenvalue weighted by Crippen LogP contribution is 2.28. The molecule has 37 heavy (non-hydrogen) atoms. The van der Waals surface area contributed by atoms with Crippen molar-refractivity contribution in [1.29, 1.82) is 0 Å². The summed E-state index contributed by atoms with van der Waals surface area (Å²) >= 11 is 0. The predicted molar refractivity (Wildman–Crippen MR) is 139 cm³/mol. The van der Waals surface area contributed by atoms with Gasteiger partial charge in [-0.1, -0.05) is 12.1 Å². The van der Waals surface area contributed by atoms with E-state index in [9.17, 15) is 9.18 Å². The highest BCUT2D eigenvalue weighted by Gasteiger charge is 2.15. The maximum atomic E-state index is 14.6. The Bertz CT molecular complexity index is 1410. The number of amides is 1. The van der Waals surface area contributed by atoms with Gasteiger partial charge in [0.1, 0.15) is 23.7 Å². The Morgan fingerprint density at radius 3 is 2.76 bits per heavy atom. The van der Waals surface area contributed by atoms with Crippen LogP contribution in [0, 0.1) is 19.7 Å². The number of ether oxygens (including phenoxy) is 1. The predicted octanol–water partition coefficient (Wildman–Crippen LogP) is 4.02. The van der Waals surface area contributed by atoms with E-state index >= 15 is 0 Å². The van der Waals surface area contributed by atoms with Crippen LogP contribution >= 0.6 is 0 Å². The molecule has 2 aromatic heterocycles. The van der Waals surface area contributed by atoms with Gasteiger partial charge in [-0.15, -0.1) is 0 Å². The summed E-state index contributed by atoms with van der Waals surface area (Å²) < 4.78 is 22.2. The van der Waals surface area contributed by atoms with E-state index in [0.717, 1.165) is 22.2 Å². The monoisotopic (exact) mass is 507 g/mol. The maximum absolute atomic E-state index is 14.6. The van der Waals surface area contributed by atoms with E-state index in [1.807, 2.05) is 31.4 Å². The van der Waals surface area contributed by atoms with Gasteiger partial charge in [0.05, 0.1) is 36.6 Å². The minimum Gasteiger partial charge on any atom is -0.493 e. The first-order valence-electron chi connectivity index (χ1n) is 12.0. The highest BCUT2D eigenvalue weighted by molar-refractivity contribution is 5.97. The van der Waals surface area contributed by atoms with E-state index in [2.05, 4.69) is 20.8 Å². The van der Waals surface area contributed by atoms with Crippen LogP contribution in [0.25, 0.3) is 22.2 Å². The lowest BCUT2D eigenvalue weighted by molar-refractivity contribution is 0.0166. The SMILES string of the molecule is CCOc1cc(-c2cc(NCCn3c(C)cc4c(C)ccc(F)c43)ncn2)ccc1C(=O)NOCCO. The van der Waals surface area contributed by atoms with Crippen LogP contribution in [-0.4, -0.2) is 51.9 Å². The fourth-order valence-corrected chi connectivity index (χ4v) is 4.16. The topological polar surface area (TPSA) is 111 Å². The number of nitrogens with zero attached hydrogens (tertiary/aromatic N) is 3. The van der Waals surface area contributed by atoms with Gasteiger partial charge in [0.25, 0.3) is 5.91 Å². The van der Waals surface area contributed by atoms with E-state index in [-0.39, 0.29) is 19.0 Å². The highest BCUT2D eigenvalue weighted by atomic mass is 19.1. The lowest BCUT2D eigenvalue weighted by atomic mass is 10.1. The summed E-state index contributed by atoms with van der Waals surface area (Å²) in [5.41, 5.74) is 6.61. The molecule has 0 aliphatic heterocycles. The second kappa shape index (κ2) is 11.8. The van der Waals surface area contributed by atoms with Crippen molar-refractivity contribution in [3.05, 3.63) is 71.4 Å². The summed E-state index contributed by atoms with van der Waals surface area (Å²) in [6.07, 6.45) is 1.46. The molecule has 0 radical (unpaired) electrons. The molecule has 10 heteroatoms. The second-order valence-corrected chi connectivity index (χ2v) is 8.43. The van der Waals surface area contributed by atoms with Crippen LogP contribution in [-0.2, 0) is 11.4 Å². The molecule has 0 bridgehead atoms. The lowest BCUT2D eigenvalue weighted by Gasteiger charge is -2.13. The number of hydrogen-bond donors (Lipinski definition) is 3. The van der Waals surface area contributed by atoms with Crippen LogP contribution in [0.2, 0.25) is 0 Å². The molecule has 0 fully saturated rings. The van der Waals surface area contributed by atoms with Gasteiger partial charge in [0, 0.05) is 35.8 Å². The third-order valence-corrected chi connectivity index (χ3v) is 5.92. The zero-order chi connectivity index (χ0) is 26.4. The van der Waals surface area contributed by atoms with Crippen LogP contribution in [0.4, 0.5) is 10.2 Å². The first kappa shape index (κ1) is 26.1. The average Bonchev–Trinajstić information content (AvgIpc) is 3.24. The molecule has 0 atom stereocenters. The van der Waals surface area contributed by atoms with Crippen molar-refractivity contribution in [2.75, 3.05) is 31.7 Å². The second-order valence-electron chi connectivity index (χ2n) is 8.43. The zero-order valence-electron chi connectivity index (χ0n) is 21.0. The number of aromatic nitrogens is 3. The largest absolute Gasteiger partial charge is 0.493 e. The minimum absolute atomic E-state index is 0.0147. The van der Waals surface area contributed by atoms with Crippen LogP contribution in [0.15, 0.2) is 48.8 Å². The molecule has 4 aromatic rings. The smallest absolute Gasteiger partial charge is 0.278 e. The van der Waals surface area contributed by atoms with Crippen molar-refractivity contribution in [2.24, 2.45) is 0 Å². The van der Waals surface area contributed by atoms with Gasteiger partial charge in [-0.25, -0.2) is 19.8 Å². The molecule has 0 spiro atoms. The third kappa shape index (κ3) is 5.87. The number of aliphatic hydroxyl groups excluding tert-OH is 1. The quantitative estimate of drug-likeness (QED) is 0.208. The van der Waals surface area contributed by atoms with Crippen molar-refractivity contribution in [3.63, 3.8) is 0 Å². The summed E-state index contributed by atoms with van der Waals surface area (Å²) in [5, 5.41) is 13.0. The van der Waals surface area contributed by atoms with E-state index < -0.39 is 5.91 Å². The molecule has 0 aliphatic carbocycles. The van der Waals surface area contributed by atoms with Crippen molar-refractivity contribution in [1.82, 2.24) is 20.0 Å². The Morgan fingerprint density at radius 2 is 1.97 bits per heavy atom. The first-order valence-corrected chi connectivity index (χ1v) is 12.0. The van der Waals surface area contributed by atoms with Gasteiger partial charge in [0.15, 0.2) is 0 Å². The fourth-order valence-electron chi connectivity index (χ4n) is 4.16. The Kier molecular flexibility index (Phi) is 8.32. The molecule has 2 aromatic carbocycles. The number of hydroxylamine groups is 1. The molecule has 1 amide bonds. The number of halogens is 1. The Morgan fingerprint density at radius 1 is 1.14 bits per heavy atom. The maximum Gasteiger partial charge on any atom is 0.278 e. The van der Waals surface area contributed by atoms with Gasteiger partial charge in [0.2, 0.25) is 0 Å². The van der Waals surface area contributed by atoms with Crippen LogP contribution < -0.4 is 15.5 Å². The van der Waals surface area contributed by atoms with Gasteiger partial charge in [-0.3, -0.25) is 9.63 Å². The Labute approximate surface area is 214 Å². The van der Waals surface area contributed by atoms with Crippen molar-refractivity contribution in [2.45, 2.75) is 27.3 Å². The molecule has 0 unspecified atom stereocenters. The van der Waals surface area contributed by atoms with Crippen LogP contribution in [0.1, 0.15) is 28.5 Å². The summed E-state index contributed by atoms with van der Waals surface area (Å²) in [6.45, 7) is 7.02. The van der Waals surface area contributed by atoms with Gasteiger partial charge in [-0.05, 0) is 50.6 Å². The fraction of sp³-hybridized carbons (Fsp3) is 0.296. The summed E-state index contributed by atoms with van der Waals surface area (Å²) in [4.78, 5) is 26.0. The summed E-state index contributed by atoms with van der Waals surface area (Å²) in [6, 6.07) is 12.2. The van der Waals surface area contributed by atoms with E-state index in [1.54, 1.807) is 30.3 Å². The number of rotatable bonds is 11. The zero-order valence-corrected chi connectivity index (χ0v) is 21.0. The number of hydrogen-bond acceptors (Lipinski definition) is 7. The van der Waals surface area contributed by atoms with Gasteiger partial charge >= 0.3 is 0 Å². The number of anilines is 1. The molecular formula is C27H30FN5O4. The standard InChI is InChI=1S/C27H30FN5O4/c1-4-36-24-14-19(6-7-20(24)27(35)32-37-12-11-34)23-15-25(31-16-30-23)29-9-10-33-18(3)13-21-17(2)5-8-22(28)26(21)33/h5-8,13-16,34H,4,9-12H2,1-3H3,(H,32,35)(H,29,30,31). The molecular weight excluding hydrogens is 477 g/mol. The molecule has 194 valence electrons. The number of carbonyl (C=O) groups is 1. The Balaban J connectivity index is 1.49. The van der Waals surface area contributed by atoms with Crippen molar-refractivity contribution >= 4 is 22.6 Å². The molecule has 9 nitrogen and oxygen atoms in total.